The van der Waals surface area contributed by atoms with Crippen molar-refractivity contribution in [2.45, 2.75) is 13.8 Å². The van der Waals surface area contributed by atoms with Crippen LogP contribution in [0.25, 0.3) is 6.08 Å². The number of ether oxygens (including phenoxy) is 1. The number of hydrogen-bond acceptors (Lipinski definition) is 2. The van der Waals surface area contributed by atoms with Crippen LogP contribution in [0.4, 0.5) is 5.69 Å². The third-order valence-corrected chi connectivity index (χ3v) is 3.20. The molecule has 0 saturated carbocycles. The molecule has 0 atom stereocenters. The zero-order chi connectivity index (χ0) is 15.2. The van der Waals surface area contributed by atoms with Gasteiger partial charge in [0.2, 0.25) is 5.91 Å². The van der Waals surface area contributed by atoms with E-state index in [2.05, 4.69) is 18.3 Å². The van der Waals surface area contributed by atoms with Gasteiger partial charge in [0.1, 0.15) is 5.75 Å². The number of carbonyl (C=O) groups excluding carboxylic acids is 1. The van der Waals surface area contributed by atoms with Crippen LogP contribution in [0.3, 0.4) is 0 Å². The van der Waals surface area contributed by atoms with Crippen molar-refractivity contribution < 1.29 is 9.53 Å². The first kappa shape index (κ1) is 14.9. The number of nitrogens with one attached hydrogen (secondary N) is 1. The van der Waals surface area contributed by atoms with Crippen molar-refractivity contribution in [3.63, 3.8) is 0 Å². The Labute approximate surface area is 125 Å². The van der Waals surface area contributed by atoms with E-state index in [-0.39, 0.29) is 5.91 Å². The third-order valence-electron chi connectivity index (χ3n) is 3.20. The van der Waals surface area contributed by atoms with Gasteiger partial charge in [-0.05, 0) is 55.3 Å². The summed E-state index contributed by atoms with van der Waals surface area (Å²) in [6, 6.07) is 13.4. The highest BCUT2D eigenvalue weighted by Gasteiger charge is 1.99. The van der Waals surface area contributed by atoms with Crippen molar-refractivity contribution in [2.75, 3.05) is 12.4 Å². The van der Waals surface area contributed by atoms with Crippen LogP contribution in [0.1, 0.15) is 16.7 Å². The Morgan fingerprint density at radius 1 is 1.10 bits per heavy atom. The molecule has 21 heavy (non-hydrogen) atoms. The minimum absolute atomic E-state index is 0.153. The fourth-order valence-electron chi connectivity index (χ4n) is 2.04. The Hall–Kier alpha value is -2.55. The molecule has 0 fully saturated rings. The monoisotopic (exact) mass is 281 g/mol. The van der Waals surface area contributed by atoms with Gasteiger partial charge >= 0.3 is 0 Å². The highest BCUT2D eigenvalue weighted by molar-refractivity contribution is 6.02. The lowest BCUT2D eigenvalue weighted by molar-refractivity contribution is -0.111. The molecule has 0 heterocycles. The van der Waals surface area contributed by atoms with Crippen LogP contribution in [-0.2, 0) is 4.79 Å². The van der Waals surface area contributed by atoms with Gasteiger partial charge in [0, 0.05) is 11.8 Å². The summed E-state index contributed by atoms with van der Waals surface area (Å²) in [5.74, 6) is 0.610. The van der Waals surface area contributed by atoms with Crippen LogP contribution in [0.2, 0.25) is 0 Å². The van der Waals surface area contributed by atoms with Crippen molar-refractivity contribution in [1.82, 2.24) is 0 Å². The van der Waals surface area contributed by atoms with Crippen molar-refractivity contribution in [1.29, 1.82) is 0 Å². The maximum atomic E-state index is 11.9. The van der Waals surface area contributed by atoms with E-state index in [1.165, 1.54) is 5.56 Å². The Kier molecular flexibility index (Phi) is 4.77. The highest BCUT2D eigenvalue weighted by atomic mass is 16.5. The molecule has 0 radical (unpaired) electrons. The molecule has 2 rings (SSSR count). The van der Waals surface area contributed by atoms with E-state index in [1.807, 2.05) is 49.4 Å². The van der Waals surface area contributed by atoms with E-state index in [0.29, 0.717) is 0 Å². The standard InChI is InChI=1S/C18H19NO2/c1-13-4-5-15(14(2)12-13)6-11-18(20)19-16-7-9-17(21-3)10-8-16/h4-12H,1-3H3,(H,19,20)/b11-6+. The van der Waals surface area contributed by atoms with Gasteiger partial charge in [-0.3, -0.25) is 4.79 Å². The van der Waals surface area contributed by atoms with E-state index < -0.39 is 0 Å². The van der Waals surface area contributed by atoms with E-state index >= 15 is 0 Å². The Morgan fingerprint density at radius 2 is 1.81 bits per heavy atom. The van der Waals surface area contributed by atoms with Gasteiger partial charge in [-0.15, -0.1) is 0 Å². The van der Waals surface area contributed by atoms with Crippen LogP contribution in [-0.4, -0.2) is 13.0 Å². The van der Waals surface area contributed by atoms with Crippen molar-refractivity contribution in [3.8, 4) is 5.75 Å². The van der Waals surface area contributed by atoms with Gasteiger partial charge < -0.3 is 10.1 Å². The zero-order valence-electron chi connectivity index (χ0n) is 12.5. The van der Waals surface area contributed by atoms with Crippen LogP contribution in [0.15, 0.2) is 48.5 Å². The molecule has 0 aliphatic rings. The van der Waals surface area contributed by atoms with Crippen molar-refractivity contribution in [3.05, 3.63) is 65.2 Å². The normalized spacial score (nSPS) is 10.6. The quantitative estimate of drug-likeness (QED) is 0.861. The van der Waals surface area contributed by atoms with Crippen molar-refractivity contribution in [2.24, 2.45) is 0 Å². The summed E-state index contributed by atoms with van der Waals surface area (Å²) in [5, 5.41) is 2.81. The lowest BCUT2D eigenvalue weighted by atomic mass is 10.1. The van der Waals surface area contributed by atoms with Gasteiger partial charge in [0.15, 0.2) is 0 Å². The first-order valence-corrected chi connectivity index (χ1v) is 6.79. The number of anilines is 1. The Morgan fingerprint density at radius 3 is 2.43 bits per heavy atom. The van der Waals surface area contributed by atoms with Crippen LogP contribution in [0, 0.1) is 13.8 Å². The number of aryl methyl sites for hydroxylation is 2. The summed E-state index contributed by atoms with van der Waals surface area (Å²) in [6.07, 6.45) is 3.37. The van der Waals surface area contributed by atoms with Crippen LogP contribution < -0.4 is 10.1 Å². The van der Waals surface area contributed by atoms with Gasteiger partial charge in [0.05, 0.1) is 7.11 Å². The first-order valence-electron chi connectivity index (χ1n) is 6.79. The molecule has 3 heteroatoms. The maximum absolute atomic E-state index is 11.9. The molecule has 108 valence electrons. The summed E-state index contributed by atoms with van der Waals surface area (Å²) in [6.45, 7) is 4.09. The van der Waals surface area contributed by atoms with E-state index in [1.54, 1.807) is 13.2 Å². The van der Waals surface area contributed by atoms with Gasteiger partial charge in [-0.2, -0.15) is 0 Å². The molecule has 0 aliphatic heterocycles. The molecule has 0 aliphatic carbocycles. The Balaban J connectivity index is 2.01. The molecule has 3 nitrogen and oxygen atoms in total. The van der Waals surface area contributed by atoms with E-state index in [9.17, 15) is 4.79 Å². The lowest BCUT2D eigenvalue weighted by Gasteiger charge is -2.04. The molecular formula is C18H19NO2. The Bertz CT molecular complexity index is 657. The molecule has 0 saturated heterocycles. The molecule has 2 aromatic rings. The second kappa shape index (κ2) is 6.75. The number of rotatable bonds is 4. The smallest absolute Gasteiger partial charge is 0.248 e. The van der Waals surface area contributed by atoms with Crippen LogP contribution >= 0.6 is 0 Å². The fraction of sp³-hybridized carbons (Fsp3) is 0.167. The molecule has 0 spiro atoms. The van der Waals surface area contributed by atoms with Crippen LogP contribution in [0.5, 0.6) is 5.75 Å². The topological polar surface area (TPSA) is 38.3 Å². The minimum Gasteiger partial charge on any atom is -0.497 e. The number of carbonyl (C=O) groups is 1. The minimum atomic E-state index is -0.153. The molecule has 0 unspecified atom stereocenters. The maximum Gasteiger partial charge on any atom is 0.248 e. The lowest BCUT2D eigenvalue weighted by Crippen LogP contribution is -2.07. The molecular weight excluding hydrogens is 262 g/mol. The number of methoxy groups -OCH3 is 1. The number of hydrogen-bond donors (Lipinski definition) is 1. The first-order chi connectivity index (χ1) is 10.1. The molecule has 0 bridgehead atoms. The predicted molar refractivity (Wildman–Crippen MR) is 86.6 cm³/mol. The van der Waals surface area contributed by atoms with E-state index in [0.717, 1.165) is 22.6 Å². The molecule has 2 aromatic carbocycles. The van der Waals surface area contributed by atoms with E-state index in [4.69, 9.17) is 4.74 Å². The van der Waals surface area contributed by atoms with Gasteiger partial charge in [0.25, 0.3) is 0 Å². The molecule has 0 aromatic heterocycles. The predicted octanol–water partition coefficient (Wildman–Crippen LogP) is 3.96. The van der Waals surface area contributed by atoms with Gasteiger partial charge in [-0.25, -0.2) is 0 Å². The number of amides is 1. The summed E-state index contributed by atoms with van der Waals surface area (Å²) in [7, 11) is 1.61. The number of benzene rings is 2. The summed E-state index contributed by atoms with van der Waals surface area (Å²) in [4.78, 5) is 11.9. The molecule has 1 N–H and O–H groups in total. The largest absolute Gasteiger partial charge is 0.497 e. The average molecular weight is 281 g/mol. The zero-order valence-corrected chi connectivity index (χ0v) is 12.5. The second-order valence-corrected chi connectivity index (χ2v) is 4.91. The summed E-state index contributed by atoms with van der Waals surface area (Å²) >= 11 is 0. The van der Waals surface area contributed by atoms with Gasteiger partial charge in [-0.1, -0.05) is 23.8 Å². The third kappa shape index (κ3) is 4.21. The highest BCUT2D eigenvalue weighted by Crippen LogP contribution is 2.15. The molecule has 1 amide bonds. The fourth-order valence-corrected chi connectivity index (χ4v) is 2.04. The summed E-state index contributed by atoms with van der Waals surface area (Å²) < 4.78 is 5.08. The second-order valence-electron chi connectivity index (χ2n) is 4.91. The average Bonchev–Trinajstić information content (AvgIpc) is 2.47. The van der Waals surface area contributed by atoms with Crippen molar-refractivity contribution >= 4 is 17.7 Å². The summed E-state index contributed by atoms with van der Waals surface area (Å²) in [5.41, 5.74) is 4.16. The SMILES string of the molecule is COc1ccc(NC(=O)/C=C/c2ccc(C)cc2C)cc1.